The topological polar surface area (TPSA) is 38.8 Å². The molecule has 0 amide bonds. The standard InChI is InChI=1S/C15H28O3/c1-8-9-10-15(11(17-15)13(2,3)4)12(16)18-14(5,6)7/h11H,8-10H2,1-7H3/t11-,15+/m1/s1. The maximum atomic E-state index is 12.4. The summed E-state index contributed by atoms with van der Waals surface area (Å²) in [4.78, 5) is 12.4. The average Bonchev–Trinajstić information content (AvgIpc) is 2.87. The number of hydrogen-bond donors (Lipinski definition) is 0. The zero-order valence-corrected chi connectivity index (χ0v) is 12.9. The van der Waals surface area contributed by atoms with Gasteiger partial charge in [-0.05, 0) is 32.6 Å². The quantitative estimate of drug-likeness (QED) is 0.568. The van der Waals surface area contributed by atoms with E-state index in [2.05, 4.69) is 27.7 Å². The summed E-state index contributed by atoms with van der Waals surface area (Å²) in [6.45, 7) is 14.1. The van der Waals surface area contributed by atoms with E-state index in [4.69, 9.17) is 9.47 Å². The van der Waals surface area contributed by atoms with Gasteiger partial charge in [-0.25, -0.2) is 4.79 Å². The molecule has 1 fully saturated rings. The van der Waals surface area contributed by atoms with Crippen molar-refractivity contribution in [3.05, 3.63) is 0 Å². The van der Waals surface area contributed by atoms with Crippen molar-refractivity contribution in [1.29, 1.82) is 0 Å². The lowest BCUT2D eigenvalue weighted by molar-refractivity contribution is -0.162. The van der Waals surface area contributed by atoms with Gasteiger partial charge >= 0.3 is 5.97 Å². The lowest BCUT2D eigenvalue weighted by Crippen LogP contribution is -2.38. The minimum absolute atomic E-state index is 0.0219. The molecule has 2 atom stereocenters. The first kappa shape index (κ1) is 15.5. The fourth-order valence-electron chi connectivity index (χ4n) is 2.30. The van der Waals surface area contributed by atoms with Gasteiger partial charge in [0.15, 0.2) is 5.60 Å². The number of rotatable bonds is 4. The lowest BCUT2D eigenvalue weighted by atomic mass is 9.82. The summed E-state index contributed by atoms with van der Waals surface area (Å²) in [7, 11) is 0. The number of unbranched alkanes of at least 4 members (excludes halogenated alkanes) is 1. The second-order valence-electron chi connectivity index (χ2n) is 7.36. The van der Waals surface area contributed by atoms with Crippen LogP contribution in [0.4, 0.5) is 0 Å². The summed E-state index contributed by atoms with van der Waals surface area (Å²) < 4.78 is 11.3. The zero-order chi connectivity index (χ0) is 14.2. The predicted molar refractivity (Wildman–Crippen MR) is 72.4 cm³/mol. The number of esters is 1. The van der Waals surface area contributed by atoms with Crippen molar-refractivity contribution in [3.8, 4) is 0 Å². The molecule has 1 heterocycles. The van der Waals surface area contributed by atoms with E-state index >= 15 is 0 Å². The second kappa shape index (κ2) is 4.84. The van der Waals surface area contributed by atoms with E-state index in [0.717, 1.165) is 19.3 Å². The molecular formula is C15H28O3. The van der Waals surface area contributed by atoms with Crippen LogP contribution in [0.15, 0.2) is 0 Å². The van der Waals surface area contributed by atoms with E-state index in [1.807, 2.05) is 20.8 Å². The van der Waals surface area contributed by atoms with E-state index in [9.17, 15) is 4.79 Å². The highest BCUT2D eigenvalue weighted by molar-refractivity contribution is 5.84. The number of ether oxygens (including phenoxy) is 2. The van der Waals surface area contributed by atoms with Crippen LogP contribution in [0.2, 0.25) is 0 Å². The number of carbonyl (C=O) groups excluding carboxylic acids is 1. The first-order valence-corrected chi connectivity index (χ1v) is 6.94. The Labute approximate surface area is 111 Å². The van der Waals surface area contributed by atoms with E-state index in [0.29, 0.717) is 0 Å². The number of hydrogen-bond acceptors (Lipinski definition) is 3. The molecule has 0 N–H and O–H groups in total. The van der Waals surface area contributed by atoms with Gasteiger partial charge in [0.1, 0.15) is 11.7 Å². The van der Waals surface area contributed by atoms with Crippen LogP contribution in [0, 0.1) is 5.41 Å². The van der Waals surface area contributed by atoms with Crippen LogP contribution in [0.1, 0.15) is 67.7 Å². The Morgan fingerprint density at radius 3 is 2.11 bits per heavy atom. The van der Waals surface area contributed by atoms with Gasteiger partial charge in [0, 0.05) is 0 Å². The molecule has 0 saturated carbocycles. The van der Waals surface area contributed by atoms with Crippen LogP contribution in [-0.4, -0.2) is 23.3 Å². The van der Waals surface area contributed by atoms with Crippen LogP contribution in [0.5, 0.6) is 0 Å². The number of epoxide rings is 1. The molecular weight excluding hydrogens is 228 g/mol. The number of carbonyl (C=O) groups is 1. The van der Waals surface area contributed by atoms with Crippen LogP contribution in [0.3, 0.4) is 0 Å². The van der Waals surface area contributed by atoms with Gasteiger partial charge in [0.2, 0.25) is 0 Å². The molecule has 0 spiro atoms. The molecule has 1 aliphatic heterocycles. The average molecular weight is 256 g/mol. The molecule has 1 rings (SSSR count). The third-order valence-corrected chi connectivity index (χ3v) is 3.13. The molecule has 0 radical (unpaired) electrons. The van der Waals surface area contributed by atoms with Crippen molar-refractivity contribution in [2.24, 2.45) is 5.41 Å². The summed E-state index contributed by atoms with van der Waals surface area (Å²) in [5.41, 5.74) is -1.17. The van der Waals surface area contributed by atoms with Crippen LogP contribution >= 0.6 is 0 Å². The summed E-state index contributed by atoms with van der Waals surface area (Å²) in [6.07, 6.45) is 2.79. The fourth-order valence-corrected chi connectivity index (χ4v) is 2.30. The van der Waals surface area contributed by atoms with Crippen molar-refractivity contribution in [2.45, 2.75) is 85.0 Å². The molecule has 18 heavy (non-hydrogen) atoms. The van der Waals surface area contributed by atoms with E-state index in [1.54, 1.807) is 0 Å². The molecule has 1 aliphatic rings. The van der Waals surface area contributed by atoms with Crippen molar-refractivity contribution < 1.29 is 14.3 Å². The summed E-state index contributed by atoms with van der Waals surface area (Å²) >= 11 is 0. The fraction of sp³-hybridized carbons (Fsp3) is 0.933. The van der Waals surface area contributed by atoms with Gasteiger partial charge in [-0.1, -0.05) is 40.5 Å². The SMILES string of the molecule is CCCC[C@]1(C(=O)OC(C)(C)C)O[C@@H]1C(C)(C)C. The highest BCUT2D eigenvalue weighted by Gasteiger charge is 2.67. The smallest absolute Gasteiger partial charge is 0.341 e. The molecule has 3 nitrogen and oxygen atoms in total. The Bertz CT molecular complexity index is 309. The molecule has 0 aromatic heterocycles. The maximum Gasteiger partial charge on any atom is 0.341 e. The molecule has 0 aromatic carbocycles. The monoisotopic (exact) mass is 256 g/mol. The van der Waals surface area contributed by atoms with Crippen molar-refractivity contribution in [3.63, 3.8) is 0 Å². The molecule has 106 valence electrons. The summed E-state index contributed by atoms with van der Waals surface area (Å²) in [6, 6.07) is 0. The minimum atomic E-state index is -0.693. The Morgan fingerprint density at radius 2 is 1.78 bits per heavy atom. The molecule has 0 aromatic rings. The highest BCUT2D eigenvalue weighted by atomic mass is 16.7. The van der Waals surface area contributed by atoms with Crippen molar-refractivity contribution in [1.82, 2.24) is 0 Å². The Hall–Kier alpha value is -0.570. The van der Waals surface area contributed by atoms with Crippen molar-refractivity contribution >= 4 is 5.97 Å². The third-order valence-electron chi connectivity index (χ3n) is 3.13. The largest absolute Gasteiger partial charge is 0.458 e. The van der Waals surface area contributed by atoms with Crippen LogP contribution in [-0.2, 0) is 14.3 Å². The van der Waals surface area contributed by atoms with Crippen LogP contribution < -0.4 is 0 Å². The van der Waals surface area contributed by atoms with Gasteiger partial charge in [0.05, 0.1) is 0 Å². The third kappa shape index (κ3) is 3.47. The van der Waals surface area contributed by atoms with Crippen LogP contribution in [0.25, 0.3) is 0 Å². The van der Waals surface area contributed by atoms with E-state index in [-0.39, 0.29) is 17.5 Å². The Kier molecular flexibility index (Phi) is 4.16. The summed E-state index contributed by atoms with van der Waals surface area (Å²) in [5, 5.41) is 0. The highest BCUT2D eigenvalue weighted by Crippen LogP contribution is 2.51. The van der Waals surface area contributed by atoms with E-state index in [1.165, 1.54) is 0 Å². The molecule has 0 bridgehead atoms. The Morgan fingerprint density at radius 1 is 1.22 bits per heavy atom. The Balaban J connectivity index is 2.79. The molecule has 0 unspecified atom stereocenters. The summed E-state index contributed by atoms with van der Waals surface area (Å²) in [5.74, 6) is -0.191. The normalized spacial score (nSPS) is 28.1. The molecule has 1 saturated heterocycles. The second-order valence-corrected chi connectivity index (χ2v) is 7.36. The minimum Gasteiger partial charge on any atom is -0.458 e. The first-order chi connectivity index (χ1) is 8.03. The van der Waals surface area contributed by atoms with Gasteiger partial charge in [0.25, 0.3) is 0 Å². The first-order valence-electron chi connectivity index (χ1n) is 6.94. The predicted octanol–water partition coefficient (Wildman–Crippen LogP) is 3.70. The molecule has 0 aliphatic carbocycles. The van der Waals surface area contributed by atoms with Gasteiger partial charge < -0.3 is 9.47 Å². The van der Waals surface area contributed by atoms with Gasteiger partial charge in [-0.2, -0.15) is 0 Å². The van der Waals surface area contributed by atoms with Gasteiger partial charge in [-0.3, -0.25) is 0 Å². The molecule has 3 heteroatoms. The van der Waals surface area contributed by atoms with E-state index < -0.39 is 11.2 Å². The lowest BCUT2D eigenvalue weighted by Gasteiger charge is -2.24. The van der Waals surface area contributed by atoms with Crippen molar-refractivity contribution in [2.75, 3.05) is 0 Å². The van der Waals surface area contributed by atoms with Gasteiger partial charge in [-0.15, -0.1) is 0 Å². The zero-order valence-electron chi connectivity index (χ0n) is 12.9. The maximum absolute atomic E-state index is 12.4.